The van der Waals surface area contributed by atoms with E-state index in [-0.39, 0.29) is 29.8 Å². The molecule has 3 atom stereocenters. The maximum absolute atomic E-state index is 12.6. The Morgan fingerprint density at radius 2 is 1.97 bits per heavy atom. The van der Waals surface area contributed by atoms with Crippen molar-refractivity contribution in [3.05, 3.63) is 54.2 Å². The molecule has 1 saturated carbocycles. The van der Waals surface area contributed by atoms with Crippen molar-refractivity contribution >= 4 is 17.7 Å². The van der Waals surface area contributed by atoms with Crippen LogP contribution in [0.15, 0.2) is 48.7 Å². The lowest BCUT2D eigenvalue weighted by Gasteiger charge is -2.25. The van der Waals surface area contributed by atoms with E-state index in [1.807, 2.05) is 13.0 Å². The number of nitrogens with one attached hydrogen (secondary N) is 1. The summed E-state index contributed by atoms with van der Waals surface area (Å²) < 4.78 is 5.59. The Balaban J connectivity index is 1.34. The summed E-state index contributed by atoms with van der Waals surface area (Å²) in [6, 6.07) is 11.3. The summed E-state index contributed by atoms with van der Waals surface area (Å²) in [6.07, 6.45) is 3.08. The molecule has 150 valence electrons. The van der Waals surface area contributed by atoms with Crippen LogP contribution in [0, 0.1) is 5.41 Å². The Morgan fingerprint density at radius 1 is 1.21 bits per heavy atom. The maximum Gasteiger partial charge on any atom is 0.251 e. The van der Waals surface area contributed by atoms with Crippen LogP contribution in [0.4, 0.5) is 0 Å². The monoisotopic (exact) mass is 394 g/mol. The summed E-state index contributed by atoms with van der Waals surface area (Å²) >= 11 is 0. The number of primary amides is 1. The van der Waals surface area contributed by atoms with Gasteiger partial charge in [0.15, 0.2) is 0 Å². The van der Waals surface area contributed by atoms with Crippen molar-refractivity contribution < 1.29 is 19.1 Å². The number of nitrogens with two attached hydrogens (primary N) is 1. The van der Waals surface area contributed by atoms with Gasteiger partial charge in [0.2, 0.25) is 17.7 Å². The number of rotatable bonds is 6. The predicted octanol–water partition coefficient (Wildman–Crippen LogP) is 1.47. The highest BCUT2D eigenvalue weighted by molar-refractivity contribution is 5.97. The lowest BCUT2D eigenvalue weighted by atomic mass is 10.0. The number of carbonyl (C=O) groups is 3. The first-order valence-corrected chi connectivity index (χ1v) is 9.45. The van der Waals surface area contributed by atoms with Crippen LogP contribution in [-0.4, -0.2) is 46.2 Å². The number of carbonyl (C=O) groups excluding carboxylic acids is 3. The number of aromatic nitrogens is 1. The van der Waals surface area contributed by atoms with Crippen molar-refractivity contribution in [2.75, 3.05) is 6.54 Å². The number of likely N-dealkylation sites (tertiary alicyclic amines) is 1. The molecule has 8 nitrogen and oxygen atoms in total. The fourth-order valence-electron chi connectivity index (χ4n) is 3.93. The number of pyridine rings is 1. The maximum atomic E-state index is 12.6. The van der Waals surface area contributed by atoms with E-state index < -0.39 is 11.9 Å². The summed E-state index contributed by atoms with van der Waals surface area (Å²) in [4.78, 5) is 42.3. The van der Waals surface area contributed by atoms with Gasteiger partial charge in [-0.3, -0.25) is 14.4 Å². The van der Waals surface area contributed by atoms with Crippen molar-refractivity contribution in [3.8, 4) is 11.6 Å². The van der Waals surface area contributed by atoms with Crippen LogP contribution in [0.5, 0.6) is 11.6 Å². The molecule has 1 aromatic carbocycles. The van der Waals surface area contributed by atoms with Crippen molar-refractivity contribution in [1.29, 1.82) is 0 Å². The third-order valence-corrected chi connectivity index (χ3v) is 5.63. The highest BCUT2D eigenvalue weighted by Crippen LogP contribution is 2.58. The van der Waals surface area contributed by atoms with Crippen LogP contribution in [0.2, 0.25) is 0 Å². The quantitative estimate of drug-likeness (QED) is 0.770. The summed E-state index contributed by atoms with van der Waals surface area (Å²) in [5.74, 6) is -0.163. The normalized spacial score (nSPS) is 24.5. The van der Waals surface area contributed by atoms with E-state index in [0.29, 0.717) is 23.6 Å². The number of benzene rings is 1. The molecule has 1 saturated heterocycles. The molecule has 2 aromatic rings. The highest BCUT2D eigenvalue weighted by atomic mass is 16.5. The molecule has 3 N–H and O–H groups in total. The van der Waals surface area contributed by atoms with E-state index in [0.717, 1.165) is 6.42 Å². The zero-order valence-corrected chi connectivity index (χ0v) is 16.0. The second-order valence-corrected chi connectivity index (χ2v) is 7.77. The number of hydrogen-bond donors (Lipinski definition) is 2. The van der Waals surface area contributed by atoms with Crippen LogP contribution >= 0.6 is 0 Å². The Hall–Kier alpha value is -3.42. The van der Waals surface area contributed by atoms with Gasteiger partial charge >= 0.3 is 0 Å². The van der Waals surface area contributed by atoms with Crippen molar-refractivity contribution in [3.63, 3.8) is 0 Å². The second kappa shape index (κ2) is 7.20. The van der Waals surface area contributed by atoms with E-state index >= 15 is 0 Å². The Kier molecular flexibility index (Phi) is 4.70. The van der Waals surface area contributed by atoms with Gasteiger partial charge < -0.3 is 20.7 Å². The van der Waals surface area contributed by atoms with Gasteiger partial charge in [0.1, 0.15) is 11.8 Å². The number of piperidine rings is 1. The summed E-state index contributed by atoms with van der Waals surface area (Å²) in [7, 11) is 0. The van der Waals surface area contributed by atoms with Crippen LogP contribution in [0.1, 0.15) is 30.1 Å². The highest BCUT2D eigenvalue weighted by Gasteiger charge is 2.63. The largest absolute Gasteiger partial charge is 0.439 e. The molecular formula is C21H22N4O4. The van der Waals surface area contributed by atoms with Gasteiger partial charge in [-0.1, -0.05) is 13.0 Å². The smallest absolute Gasteiger partial charge is 0.251 e. The molecule has 0 spiro atoms. The zero-order valence-electron chi connectivity index (χ0n) is 16.0. The van der Waals surface area contributed by atoms with Crippen LogP contribution in [0.25, 0.3) is 0 Å². The van der Waals surface area contributed by atoms with E-state index in [9.17, 15) is 14.4 Å². The van der Waals surface area contributed by atoms with E-state index in [2.05, 4.69) is 10.3 Å². The van der Waals surface area contributed by atoms with Crippen LogP contribution in [-0.2, 0) is 9.59 Å². The zero-order chi connectivity index (χ0) is 20.6. The van der Waals surface area contributed by atoms with Gasteiger partial charge in [0.25, 0.3) is 5.91 Å². The van der Waals surface area contributed by atoms with Crippen LogP contribution in [0.3, 0.4) is 0 Å². The molecule has 1 aliphatic carbocycles. The third-order valence-electron chi connectivity index (χ3n) is 5.63. The molecule has 2 aliphatic rings. The molecule has 2 fully saturated rings. The Morgan fingerprint density at radius 3 is 2.62 bits per heavy atom. The Bertz CT molecular complexity index is 947. The first kappa shape index (κ1) is 18.9. The average Bonchev–Trinajstić information content (AvgIpc) is 3.27. The molecule has 1 aromatic heterocycles. The topological polar surface area (TPSA) is 115 Å². The first-order chi connectivity index (χ1) is 13.9. The average molecular weight is 394 g/mol. The van der Waals surface area contributed by atoms with Gasteiger partial charge in [-0.25, -0.2) is 4.98 Å². The lowest BCUT2D eigenvalue weighted by molar-refractivity contribution is -0.137. The summed E-state index contributed by atoms with van der Waals surface area (Å²) in [5.41, 5.74) is 5.82. The predicted molar refractivity (Wildman–Crippen MR) is 104 cm³/mol. The number of amides is 3. The molecule has 1 aliphatic heterocycles. The summed E-state index contributed by atoms with van der Waals surface area (Å²) in [5, 5.41) is 2.62. The minimum absolute atomic E-state index is 0.0250. The fourth-order valence-corrected chi connectivity index (χ4v) is 3.93. The molecule has 0 radical (unpaired) electrons. The summed E-state index contributed by atoms with van der Waals surface area (Å²) in [6.45, 7) is 1.87. The second-order valence-electron chi connectivity index (χ2n) is 7.77. The Labute approximate surface area is 168 Å². The van der Waals surface area contributed by atoms with Gasteiger partial charge in [-0.05, 0) is 48.6 Å². The van der Waals surface area contributed by atoms with E-state index in [1.54, 1.807) is 47.5 Å². The van der Waals surface area contributed by atoms with Crippen molar-refractivity contribution in [2.24, 2.45) is 11.1 Å². The first-order valence-electron chi connectivity index (χ1n) is 9.45. The molecule has 4 rings (SSSR count). The minimum Gasteiger partial charge on any atom is -0.439 e. The van der Waals surface area contributed by atoms with Gasteiger partial charge in [0, 0.05) is 23.9 Å². The number of hydrogen-bond acceptors (Lipinski definition) is 5. The SMILES string of the molecule is CC12CC(C(N)=O)N(C(=O)CNC(=O)c3ccc(Oc4ccccn4)cc3)C1C2. The molecule has 29 heavy (non-hydrogen) atoms. The standard InChI is InChI=1S/C21H22N4O4/c1-21-10-15(19(22)27)25(16(21)11-21)18(26)12-24-20(28)13-5-7-14(8-6-13)29-17-4-2-3-9-23-17/h2-9,15-16H,10-12H2,1H3,(H2,22,27)(H,24,28). The molecule has 3 amide bonds. The lowest BCUT2D eigenvalue weighted by Crippen LogP contribution is -2.49. The number of ether oxygens (including phenoxy) is 1. The molecule has 2 heterocycles. The number of fused-ring (bicyclic) bond motifs is 1. The number of nitrogens with zero attached hydrogens (tertiary/aromatic N) is 2. The molecule has 8 heteroatoms. The molecule has 3 unspecified atom stereocenters. The fraction of sp³-hybridized carbons (Fsp3) is 0.333. The van der Waals surface area contributed by atoms with E-state index in [4.69, 9.17) is 10.5 Å². The minimum atomic E-state index is -0.591. The molecular weight excluding hydrogens is 372 g/mol. The van der Waals surface area contributed by atoms with Crippen molar-refractivity contribution in [1.82, 2.24) is 15.2 Å². The van der Waals surface area contributed by atoms with Crippen molar-refractivity contribution in [2.45, 2.75) is 31.8 Å². The third kappa shape index (κ3) is 3.78. The van der Waals surface area contributed by atoms with Crippen LogP contribution < -0.4 is 15.8 Å². The van der Waals surface area contributed by atoms with Gasteiger partial charge in [-0.15, -0.1) is 0 Å². The van der Waals surface area contributed by atoms with E-state index in [1.165, 1.54) is 0 Å². The van der Waals surface area contributed by atoms with Gasteiger partial charge in [-0.2, -0.15) is 0 Å². The van der Waals surface area contributed by atoms with Gasteiger partial charge in [0.05, 0.1) is 6.54 Å². The molecule has 0 bridgehead atoms.